The molecule has 0 radical (unpaired) electrons. The summed E-state index contributed by atoms with van der Waals surface area (Å²) < 4.78 is 10.2. The molecule has 0 spiro atoms. The summed E-state index contributed by atoms with van der Waals surface area (Å²) >= 11 is 0. The fourth-order valence-corrected chi connectivity index (χ4v) is 1.13. The second-order valence-corrected chi connectivity index (χ2v) is 3.08. The largest absolute Gasteiger partial charge is 0.475 e. The Balaban J connectivity index is 2.70. The fraction of sp³-hybridized carbons (Fsp3) is 0.333. The summed E-state index contributed by atoms with van der Waals surface area (Å²) in [7, 11) is 1.57. The fourth-order valence-electron chi connectivity index (χ4n) is 1.13. The summed E-state index contributed by atoms with van der Waals surface area (Å²) in [5, 5.41) is 2.55. The average Bonchev–Trinajstić information content (AvgIpc) is 2.37. The summed E-state index contributed by atoms with van der Waals surface area (Å²) in [5.41, 5.74) is 0.360. The first kappa shape index (κ1) is 13.0. The third kappa shape index (κ3) is 4.13. The van der Waals surface area contributed by atoms with Crippen molar-refractivity contribution in [1.29, 1.82) is 0 Å². The molecule has 0 aliphatic carbocycles. The second kappa shape index (κ2) is 7.25. The molecule has 1 N–H and O–H groups in total. The molecule has 1 aromatic rings. The van der Waals surface area contributed by atoms with Crippen LogP contribution in [-0.2, 0) is 4.74 Å². The number of nitrogens with zero attached hydrogens (tertiary/aromatic N) is 1. The molecule has 0 bridgehead atoms. The van der Waals surface area contributed by atoms with Gasteiger partial charge >= 0.3 is 0 Å². The van der Waals surface area contributed by atoms with E-state index in [0.717, 1.165) is 0 Å². The summed E-state index contributed by atoms with van der Waals surface area (Å²) in [4.78, 5) is 15.7. The summed E-state index contributed by atoms with van der Waals surface area (Å²) in [6, 6.07) is 3.29. The molecule has 1 heterocycles. The van der Waals surface area contributed by atoms with Crippen molar-refractivity contribution in [3.05, 3.63) is 23.9 Å². The van der Waals surface area contributed by atoms with Gasteiger partial charge in [-0.3, -0.25) is 4.79 Å². The van der Waals surface area contributed by atoms with Crippen LogP contribution in [-0.4, -0.2) is 37.8 Å². The highest BCUT2D eigenvalue weighted by atomic mass is 16.5. The number of nitrogens with one attached hydrogen (secondary N) is 1. The molecule has 0 fully saturated rings. The number of terminal acetylenes is 1. The van der Waals surface area contributed by atoms with Crippen LogP contribution in [0.3, 0.4) is 0 Å². The number of ether oxygens (including phenoxy) is 2. The number of aromatic nitrogens is 1. The highest BCUT2D eigenvalue weighted by molar-refractivity contribution is 5.96. The maximum absolute atomic E-state index is 11.7. The van der Waals surface area contributed by atoms with E-state index in [9.17, 15) is 4.79 Å². The van der Waals surface area contributed by atoms with E-state index in [1.807, 2.05) is 0 Å². The number of amides is 1. The van der Waals surface area contributed by atoms with Crippen molar-refractivity contribution >= 4 is 5.91 Å². The van der Waals surface area contributed by atoms with Crippen molar-refractivity contribution in [3.8, 4) is 18.2 Å². The van der Waals surface area contributed by atoms with Crippen molar-refractivity contribution in [2.45, 2.75) is 0 Å². The lowest BCUT2D eigenvalue weighted by Gasteiger charge is -2.09. The molecule has 5 nitrogen and oxygen atoms in total. The van der Waals surface area contributed by atoms with Crippen molar-refractivity contribution in [3.63, 3.8) is 0 Å². The molecule has 0 aliphatic rings. The third-order valence-electron chi connectivity index (χ3n) is 1.89. The molecule has 0 saturated heterocycles. The van der Waals surface area contributed by atoms with Crippen molar-refractivity contribution < 1.29 is 14.3 Å². The van der Waals surface area contributed by atoms with Gasteiger partial charge in [-0.05, 0) is 12.1 Å². The van der Waals surface area contributed by atoms with Crippen molar-refractivity contribution in [2.24, 2.45) is 0 Å². The van der Waals surface area contributed by atoms with Crippen molar-refractivity contribution in [1.82, 2.24) is 10.3 Å². The molecule has 0 aliphatic heterocycles. The first-order valence-corrected chi connectivity index (χ1v) is 5.08. The molecule has 1 amide bonds. The molecule has 1 aromatic heterocycles. The maximum atomic E-state index is 11.7. The van der Waals surface area contributed by atoms with E-state index in [0.29, 0.717) is 18.8 Å². The first-order valence-electron chi connectivity index (χ1n) is 5.08. The maximum Gasteiger partial charge on any atom is 0.257 e. The van der Waals surface area contributed by atoms with Crippen LogP contribution in [0.1, 0.15) is 10.4 Å². The van der Waals surface area contributed by atoms with Crippen LogP contribution in [0.25, 0.3) is 0 Å². The lowest BCUT2D eigenvalue weighted by molar-refractivity contribution is 0.0949. The van der Waals surface area contributed by atoms with Gasteiger partial charge in [0.15, 0.2) is 0 Å². The van der Waals surface area contributed by atoms with E-state index in [1.54, 1.807) is 25.4 Å². The number of hydrogen-bond donors (Lipinski definition) is 1. The zero-order chi connectivity index (χ0) is 12.5. The SMILES string of the molecule is C#CCNC(=O)c1cccnc1OCCOC. The Morgan fingerprint density at radius 1 is 1.59 bits per heavy atom. The number of pyridine rings is 1. The Hall–Kier alpha value is -2.06. The topological polar surface area (TPSA) is 60.5 Å². The molecular formula is C12H14N2O3. The molecule has 5 heteroatoms. The lowest BCUT2D eigenvalue weighted by atomic mass is 10.2. The Kier molecular flexibility index (Phi) is 5.55. The highest BCUT2D eigenvalue weighted by Gasteiger charge is 2.12. The van der Waals surface area contributed by atoms with Gasteiger partial charge in [-0.15, -0.1) is 6.42 Å². The standard InChI is InChI=1S/C12H14N2O3/c1-3-6-13-11(15)10-5-4-7-14-12(10)17-9-8-16-2/h1,4-5,7H,6,8-9H2,2H3,(H,13,15). The number of hydrogen-bond acceptors (Lipinski definition) is 4. The molecule has 0 aromatic carbocycles. The van der Waals surface area contributed by atoms with Gasteiger partial charge in [-0.2, -0.15) is 0 Å². The quantitative estimate of drug-likeness (QED) is 0.574. The lowest BCUT2D eigenvalue weighted by Crippen LogP contribution is -2.24. The minimum atomic E-state index is -0.302. The molecule has 0 unspecified atom stereocenters. The van der Waals surface area contributed by atoms with Crippen LogP contribution in [0.4, 0.5) is 0 Å². The Labute approximate surface area is 100 Å². The first-order chi connectivity index (χ1) is 8.29. The molecule has 0 atom stereocenters. The summed E-state index contributed by atoms with van der Waals surface area (Å²) in [6.07, 6.45) is 6.62. The minimum Gasteiger partial charge on any atom is -0.475 e. The molecule has 90 valence electrons. The van der Waals surface area contributed by atoms with Gasteiger partial charge in [0.25, 0.3) is 5.91 Å². The number of methoxy groups -OCH3 is 1. The molecule has 17 heavy (non-hydrogen) atoms. The molecule has 0 saturated carbocycles. The second-order valence-electron chi connectivity index (χ2n) is 3.08. The van der Waals surface area contributed by atoms with E-state index in [-0.39, 0.29) is 18.3 Å². The van der Waals surface area contributed by atoms with Crippen LogP contribution < -0.4 is 10.1 Å². The van der Waals surface area contributed by atoms with Crippen LogP contribution >= 0.6 is 0 Å². The number of rotatable bonds is 6. The van der Waals surface area contributed by atoms with Crippen LogP contribution in [0, 0.1) is 12.3 Å². The summed E-state index contributed by atoms with van der Waals surface area (Å²) in [5.74, 6) is 2.30. The molecule has 1 rings (SSSR count). The third-order valence-corrected chi connectivity index (χ3v) is 1.89. The van der Waals surface area contributed by atoms with Crippen molar-refractivity contribution in [2.75, 3.05) is 26.9 Å². The zero-order valence-electron chi connectivity index (χ0n) is 9.60. The van der Waals surface area contributed by atoms with Gasteiger partial charge in [-0.1, -0.05) is 5.92 Å². The predicted molar refractivity (Wildman–Crippen MR) is 62.8 cm³/mol. The van der Waals surface area contributed by atoms with Gasteiger partial charge in [0.2, 0.25) is 5.88 Å². The molecular weight excluding hydrogens is 220 g/mol. The highest BCUT2D eigenvalue weighted by Crippen LogP contribution is 2.13. The summed E-state index contributed by atoms with van der Waals surface area (Å²) in [6.45, 7) is 0.941. The van der Waals surface area contributed by atoms with E-state index in [4.69, 9.17) is 15.9 Å². The monoisotopic (exact) mass is 234 g/mol. The van der Waals surface area contributed by atoms with Gasteiger partial charge in [0, 0.05) is 13.3 Å². The van der Waals surface area contributed by atoms with Gasteiger partial charge in [0.1, 0.15) is 12.2 Å². The smallest absolute Gasteiger partial charge is 0.257 e. The Morgan fingerprint density at radius 3 is 3.12 bits per heavy atom. The van der Waals surface area contributed by atoms with Gasteiger partial charge < -0.3 is 14.8 Å². The predicted octanol–water partition coefficient (Wildman–Crippen LogP) is 0.470. The van der Waals surface area contributed by atoms with Crippen LogP contribution in [0.2, 0.25) is 0 Å². The van der Waals surface area contributed by atoms with Gasteiger partial charge in [0.05, 0.1) is 13.2 Å². The average molecular weight is 234 g/mol. The van der Waals surface area contributed by atoms with E-state index in [2.05, 4.69) is 16.2 Å². The van der Waals surface area contributed by atoms with E-state index >= 15 is 0 Å². The normalized spacial score (nSPS) is 9.41. The zero-order valence-corrected chi connectivity index (χ0v) is 9.60. The Bertz CT molecular complexity index is 412. The van der Waals surface area contributed by atoms with E-state index in [1.165, 1.54) is 0 Å². The Morgan fingerprint density at radius 2 is 2.41 bits per heavy atom. The van der Waals surface area contributed by atoms with E-state index < -0.39 is 0 Å². The minimum absolute atomic E-state index is 0.172. The number of carbonyl (C=O) groups excluding carboxylic acids is 1. The van der Waals surface area contributed by atoms with Crippen LogP contribution in [0.15, 0.2) is 18.3 Å². The van der Waals surface area contributed by atoms with Gasteiger partial charge in [-0.25, -0.2) is 4.98 Å². The number of carbonyl (C=O) groups is 1. The van der Waals surface area contributed by atoms with Crippen LogP contribution in [0.5, 0.6) is 5.88 Å².